The lowest BCUT2D eigenvalue weighted by Crippen LogP contribution is -2.38. The number of hydrogen-bond acceptors (Lipinski definition) is 3. The lowest BCUT2D eigenvalue weighted by Gasteiger charge is -2.12. The van der Waals surface area contributed by atoms with E-state index in [0.717, 1.165) is 5.56 Å². The number of aryl methyl sites for hydroxylation is 1. The summed E-state index contributed by atoms with van der Waals surface area (Å²) in [7, 11) is 1.77. The van der Waals surface area contributed by atoms with E-state index in [1.807, 2.05) is 13.0 Å². The molecule has 7 heteroatoms. The van der Waals surface area contributed by atoms with E-state index in [-0.39, 0.29) is 36.7 Å². The van der Waals surface area contributed by atoms with Crippen LogP contribution in [0.5, 0.6) is 0 Å². The molecule has 0 heterocycles. The summed E-state index contributed by atoms with van der Waals surface area (Å²) in [5.41, 5.74) is 1.56. The van der Waals surface area contributed by atoms with Gasteiger partial charge < -0.3 is 16.0 Å². The molecule has 1 atom stereocenters. The molecule has 2 amide bonds. The number of amides is 2. The Balaban J connectivity index is 0.00000400. The molecule has 1 rings (SSSR count). The summed E-state index contributed by atoms with van der Waals surface area (Å²) >= 11 is 6.02. The van der Waals surface area contributed by atoms with Crippen LogP contribution in [0.15, 0.2) is 18.2 Å². The highest BCUT2D eigenvalue weighted by atomic mass is 35.5. The number of carbonyl (C=O) groups is 2. The van der Waals surface area contributed by atoms with Crippen LogP contribution in [0.3, 0.4) is 0 Å². The zero-order valence-electron chi connectivity index (χ0n) is 12.3. The summed E-state index contributed by atoms with van der Waals surface area (Å²) in [6, 6.07) is 5.36. The molecule has 0 aliphatic carbocycles. The summed E-state index contributed by atoms with van der Waals surface area (Å²) in [4.78, 5) is 23.4. The second kappa shape index (κ2) is 9.60. The number of hydrogen-bond donors (Lipinski definition) is 3. The molecule has 0 aliphatic rings. The average molecular weight is 334 g/mol. The third-order valence-corrected chi connectivity index (χ3v) is 3.09. The highest BCUT2D eigenvalue weighted by Crippen LogP contribution is 2.22. The van der Waals surface area contributed by atoms with Crippen molar-refractivity contribution in [3.8, 4) is 0 Å². The van der Waals surface area contributed by atoms with E-state index in [1.54, 1.807) is 26.1 Å². The second-order valence-corrected chi connectivity index (χ2v) is 5.12. The van der Waals surface area contributed by atoms with Crippen LogP contribution in [0.25, 0.3) is 0 Å². The highest BCUT2D eigenvalue weighted by molar-refractivity contribution is 6.33. The molecule has 0 saturated heterocycles. The first-order valence-electron chi connectivity index (χ1n) is 6.42. The molecule has 0 spiro atoms. The topological polar surface area (TPSA) is 70.2 Å². The fourth-order valence-electron chi connectivity index (χ4n) is 1.66. The van der Waals surface area contributed by atoms with Gasteiger partial charge in [-0.05, 0) is 31.7 Å². The van der Waals surface area contributed by atoms with Crippen molar-refractivity contribution in [1.82, 2.24) is 10.6 Å². The van der Waals surface area contributed by atoms with Gasteiger partial charge in [-0.15, -0.1) is 12.4 Å². The van der Waals surface area contributed by atoms with Gasteiger partial charge in [0, 0.05) is 12.5 Å². The van der Waals surface area contributed by atoms with Gasteiger partial charge in [0.1, 0.15) is 0 Å². The van der Waals surface area contributed by atoms with Crippen molar-refractivity contribution < 1.29 is 9.59 Å². The Bertz CT molecular complexity index is 495. The van der Waals surface area contributed by atoms with E-state index < -0.39 is 0 Å². The van der Waals surface area contributed by atoms with E-state index in [0.29, 0.717) is 17.3 Å². The van der Waals surface area contributed by atoms with Crippen LogP contribution in [0.2, 0.25) is 5.02 Å². The predicted molar refractivity (Wildman–Crippen MR) is 88.2 cm³/mol. The Labute approximate surface area is 136 Å². The maximum Gasteiger partial charge on any atom is 0.243 e. The van der Waals surface area contributed by atoms with Crippen LogP contribution in [-0.2, 0) is 9.59 Å². The number of carbonyl (C=O) groups excluding carboxylic acids is 2. The molecular weight excluding hydrogens is 313 g/mol. The summed E-state index contributed by atoms with van der Waals surface area (Å²) in [5, 5.41) is 8.64. The molecule has 0 fully saturated rings. The van der Waals surface area contributed by atoms with Gasteiger partial charge >= 0.3 is 0 Å². The number of benzene rings is 1. The number of anilines is 1. The molecule has 0 aromatic heterocycles. The van der Waals surface area contributed by atoms with Crippen molar-refractivity contribution in [3.63, 3.8) is 0 Å². The van der Waals surface area contributed by atoms with Crippen LogP contribution in [0, 0.1) is 12.8 Å². The minimum Gasteiger partial charge on any atom is -0.347 e. The minimum atomic E-state index is -0.305. The molecule has 0 radical (unpaired) electrons. The van der Waals surface area contributed by atoms with Crippen molar-refractivity contribution in [3.05, 3.63) is 28.8 Å². The van der Waals surface area contributed by atoms with E-state index in [1.165, 1.54) is 0 Å². The van der Waals surface area contributed by atoms with Gasteiger partial charge in [-0.2, -0.15) is 0 Å². The Kier molecular flexibility index (Phi) is 9.01. The van der Waals surface area contributed by atoms with Gasteiger partial charge in [-0.25, -0.2) is 0 Å². The summed E-state index contributed by atoms with van der Waals surface area (Å²) in [5.74, 6) is -0.652. The quantitative estimate of drug-likeness (QED) is 0.745. The summed E-state index contributed by atoms with van der Waals surface area (Å²) in [6.07, 6.45) is 0. The highest BCUT2D eigenvalue weighted by Gasteiger charge is 2.13. The molecule has 1 aromatic rings. The molecule has 0 bridgehead atoms. The SMILES string of the molecule is CNCC(C)C(=O)NCC(=O)Nc1ccc(C)cc1Cl.Cl. The van der Waals surface area contributed by atoms with Gasteiger partial charge in [0.2, 0.25) is 11.8 Å². The second-order valence-electron chi connectivity index (χ2n) is 4.71. The Morgan fingerprint density at radius 3 is 2.57 bits per heavy atom. The third-order valence-electron chi connectivity index (χ3n) is 2.78. The number of rotatable bonds is 6. The molecule has 1 aromatic carbocycles. The molecule has 1 unspecified atom stereocenters. The first-order chi connectivity index (χ1) is 9.43. The van der Waals surface area contributed by atoms with Crippen LogP contribution in [0.4, 0.5) is 5.69 Å². The van der Waals surface area contributed by atoms with E-state index in [9.17, 15) is 9.59 Å². The first-order valence-corrected chi connectivity index (χ1v) is 6.80. The Morgan fingerprint density at radius 1 is 1.33 bits per heavy atom. The molecule has 0 aliphatic heterocycles. The standard InChI is InChI=1S/C14H20ClN3O2.ClH/c1-9-4-5-12(11(15)6-9)18-13(19)8-17-14(20)10(2)7-16-3;/h4-6,10,16H,7-8H2,1-3H3,(H,17,20)(H,18,19);1H. The number of nitrogens with one attached hydrogen (secondary N) is 3. The largest absolute Gasteiger partial charge is 0.347 e. The van der Waals surface area contributed by atoms with Crippen LogP contribution in [0.1, 0.15) is 12.5 Å². The molecule has 118 valence electrons. The van der Waals surface area contributed by atoms with Gasteiger partial charge in [0.05, 0.1) is 17.3 Å². The predicted octanol–water partition coefficient (Wildman–Crippen LogP) is 1.98. The van der Waals surface area contributed by atoms with E-state index >= 15 is 0 Å². The van der Waals surface area contributed by atoms with Gasteiger partial charge in [0.25, 0.3) is 0 Å². The van der Waals surface area contributed by atoms with Gasteiger partial charge in [-0.1, -0.05) is 24.6 Å². The lowest BCUT2D eigenvalue weighted by atomic mass is 10.1. The minimum absolute atomic E-state index is 0. The monoisotopic (exact) mass is 333 g/mol. The molecule has 0 saturated carbocycles. The van der Waals surface area contributed by atoms with E-state index in [4.69, 9.17) is 11.6 Å². The Hall–Kier alpha value is -1.30. The van der Waals surface area contributed by atoms with Crippen molar-refractivity contribution in [2.24, 2.45) is 5.92 Å². The third kappa shape index (κ3) is 6.80. The van der Waals surface area contributed by atoms with Crippen molar-refractivity contribution >= 4 is 41.5 Å². The Morgan fingerprint density at radius 2 is 2.00 bits per heavy atom. The molecular formula is C14H21Cl2N3O2. The molecule has 3 N–H and O–H groups in total. The van der Waals surface area contributed by atoms with Crippen LogP contribution >= 0.6 is 24.0 Å². The fraction of sp³-hybridized carbons (Fsp3) is 0.429. The maximum atomic E-state index is 11.7. The fourth-order valence-corrected chi connectivity index (χ4v) is 1.94. The number of halogens is 2. The smallest absolute Gasteiger partial charge is 0.243 e. The zero-order chi connectivity index (χ0) is 15.1. The summed E-state index contributed by atoms with van der Waals surface area (Å²) < 4.78 is 0. The van der Waals surface area contributed by atoms with Crippen molar-refractivity contribution in [1.29, 1.82) is 0 Å². The summed E-state index contributed by atoms with van der Waals surface area (Å²) in [6.45, 7) is 4.20. The van der Waals surface area contributed by atoms with Crippen molar-refractivity contribution in [2.45, 2.75) is 13.8 Å². The van der Waals surface area contributed by atoms with Crippen LogP contribution in [-0.4, -0.2) is 32.0 Å². The maximum absolute atomic E-state index is 11.7. The van der Waals surface area contributed by atoms with Crippen LogP contribution < -0.4 is 16.0 Å². The van der Waals surface area contributed by atoms with E-state index in [2.05, 4.69) is 16.0 Å². The lowest BCUT2D eigenvalue weighted by molar-refractivity contribution is -0.126. The normalized spacial score (nSPS) is 11.2. The van der Waals surface area contributed by atoms with Crippen molar-refractivity contribution in [2.75, 3.05) is 25.5 Å². The average Bonchev–Trinajstić information content (AvgIpc) is 2.39. The molecule has 21 heavy (non-hydrogen) atoms. The van der Waals surface area contributed by atoms with Gasteiger partial charge in [0.15, 0.2) is 0 Å². The van der Waals surface area contributed by atoms with Gasteiger partial charge in [-0.3, -0.25) is 9.59 Å². The zero-order valence-corrected chi connectivity index (χ0v) is 13.9. The first kappa shape index (κ1) is 19.7. The molecule has 5 nitrogen and oxygen atoms in total.